The Morgan fingerprint density at radius 1 is 1.13 bits per heavy atom. The highest BCUT2D eigenvalue weighted by atomic mass is 32.2. The summed E-state index contributed by atoms with van der Waals surface area (Å²) in [6.45, 7) is 3.07. The summed E-state index contributed by atoms with van der Waals surface area (Å²) in [5.74, 6) is 2.23. The van der Waals surface area contributed by atoms with E-state index in [4.69, 9.17) is 5.73 Å². The van der Waals surface area contributed by atoms with Crippen LogP contribution in [0.1, 0.15) is 15.9 Å². The van der Waals surface area contributed by atoms with Gasteiger partial charge in [0.05, 0.1) is 0 Å². The van der Waals surface area contributed by atoms with Gasteiger partial charge in [0.25, 0.3) is 5.91 Å². The average Bonchev–Trinajstić information content (AvgIpc) is 2.57. The fourth-order valence-electron chi connectivity index (χ4n) is 2.65. The number of hydrogen-bond donors (Lipinski definition) is 2. The predicted molar refractivity (Wildman–Crippen MR) is 97.9 cm³/mol. The fourth-order valence-corrected chi connectivity index (χ4v) is 3.63. The molecule has 3 rings (SSSR count). The molecule has 120 valence electrons. The molecule has 2 aromatic rings. The first-order chi connectivity index (χ1) is 11.2. The largest absolute Gasteiger partial charge is 0.399 e. The molecule has 4 nitrogen and oxygen atoms in total. The molecule has 1 saturated heterocycles. The molecule has 23 heavy (non-hydrogen) atoms. The van der Waals surface area contributed by atoms with Crippen molar-refractivity contribution in [2.24, 2.45) is 0 Å². The van der Waals surface area contributed by atoms with Crippen molar-refractivity contribution in [1.29, 1.82) is 0 Å². The van der Waals surface area contributed by atoms with Crippen LogP contribution >= 0.6 is 11.8 Å². The Bertz CT molecular complexity index is 683. The number of carbonyl (C=O) groups is 1. The highest BCUT2D eigenvalue weighted by molar-refractivity contribution is 7.99. The van der Waals surface area contributed by atoms with Crippen LogP contribution in [-0.4, -0.2) is 35.4 Å². The van der Waals surface area contributed by atoms with E-state index in [1.54, 1.807) is 24.3 Å². The standard InChI is InChI=1S/C18H21N3OS/c19-16-6-3-5-14(12-16)18(22)20-17-7-2-1-4-15(17)13-21-8-10-23-11-9-21/h1-7,12H,8-11,13,19H2,(H,20,22). The van der Waals surface area contributed by atoms with Gasteiger partial charge in [-0.15, -0.1) is 0 Å². The van der Waals surface area contributed by atoms with Crippen LogP contribution in [0.4, 0.5) is 11.4 Å². The molecule has 1 heterocycles. The van der Waals surface area contributed by atoms with Gasteiger partial charge in [-0.05, 0) is 29.8 Å². The summed E-state index contributed by atoms with van der Waals surface area (Å²) in [6, 6.07) is 15.0. The summed E-state index contributed by atoms with van der Waals surface area (Å²) in [5, 5.41) is 3.02. The molecule has 0 spiro atoms. The van der Waals surface area contributed by atoms with E-state index in [9.17, 15) is 4.79 Å². The molecule has 0 radical (unpaired) electrons. The first kappa shape index (κ1) is 15.9. The van der Waals surface area contributed by atoms with Crippen LogP contribution in [0.3, 0.4) is 0 Å². The van der Waals surface area contributed by atoms with Crippen LogP contribution in [0.25, 0.3) is 0 Å². The molecular formula is C18H21N3OS. The first-order valence-electron chi connectivity index (χ1n) is 7.77. The Morgan fingerprint density at radius 2 is 1.91 bits per heavy atom. The van der Waals surface area contributed by atoms with Crippen LogP contribution in [0.5, 0.6) is 0 Å². The van der Waals surface area contributed by atoms with E-state index in [1.807, 2.05) is 30.0 Å². The Morgan fingerprint density at radius 3 is 2.70 bits per heavy atom. The maximum atomic E-state index is 12.4. The van der Waals surface area contributed by atoms with E-state index >= 15 is 0 Å². The van der Waals surface area contributed by atoms with Gasteiger partial charge >= 0.3 is 0 Å². The van der Waals surface area contributed by atoms with Gasteiger partial charge in [0.1, 0.15) is 0 Å². The quantitative estimate of drug-likeness (QED) is 0.847. The van der Waals surface area contributed by atoms with E-state index in [2.05, 4.69) is 16.3 Å². The first-order valence-corrected chi connectivity index (χ1v) is 8.93. The summed E-state index contributed by atoms with van der Waals surface area (Å²) in [7, 11) is 0. The van der Waals surface area contributed by atoms with Crippen LogP contribution < -0.4 is 11.1 Å². The number of rotatable bonds is 4. The number of nitrogens with one attached hydrogen (secondary N) is 1. The molecule has 0 unspecified atom stereocenters. The Hall–Kier alpha value is -1.98. The lowest BCUT2D eigenvalue weighted by Crippen LogP contribution is -2.32. The van der Waals surface area contributed by atoms with Crippen molar-refractivity contribution in [1.82, 2.24) is 4.90 Å². The second-order valence-electron chi connectivity index (χ2n) is 5.63. The van der Waals surface area contributed by atoms with Crippen molar-refractivity contribution in [2.75, 3.05) is 35.6 Å². The smallest absolute Gasteiger partial charge is 0.255 e. The highest BCUT2D eigenvalue weighted by Crippen LogP contribution is 2.20. The lowest BCUT2D eigenvalue weighted by molar-refractivity contribution is 0.102. The van der Waals surface area contributed by atoms with Gasteiger partial charge in [0.15, 0.2) is 0 Å². The molecule has 0 atom stereocenters. The molecule has 1 amide bonds. The van der Waals surface area contributed by atoms with Gasteiger partial charge in [-0.1, -0.05) is 24.3 Å². The molecule has 0 aromatic heterocycles. The SMILES string of the molecule is Nc1cccc(C(=O)Nc2ccccc2CN2CCSCC2)c1. The molecule has 1 fully saturated rings. The number of anilines is 2. The van der Waals surface area contributed by atoms with Crippen molar-refractivity contribution in [3.05, 3.63) is 59.7 Å². The third-order valence-corrected chi connectivity index (χ3v) is 4.85. The summed E-state index contributed by atoms with van der Waals surface area (Å²) in [5.41, 5.74) is 8.95. The van der Waals surface area contributed by atoms with Crippen LogP contribution in [-0.2, 0) is 6.54 Å². The second-order valence-corrected chi connectivity index (χ2v) is 6.85. The van der Waals surface area contributed by atoms with E-state index in [1.165, 1.54) is 11.5 Å². The Balaban J connectivity index is 1.73. The number of nitrogen functional groups attached to an aromatic ring is 1. The van der Waals surface area contributed by atoms with Gasteiger partial charge in [0.2, 0.25) is 0 Å². The van der Waals surface area contributed by atoms with E-state index in [-0.39, 0.29) is 5.91 Å². The number of thioether (sulfide) groups is 1. The van der Waals surface area contributed by atoms with E-state index < -0.39 is 0 Å². The van der Waals surface area contributed by atoms with E-state index in [0.717, 1.165) is 30.9 Å². The monoisotopic (exact) mass is 327 g/mol. The minimum Gasteiger partial charge on any atom is -0.399 e. The van der Waals surface area contributed by atoms with Crippen LogP contribution in [0, 0.1) is 0 Å². The minimum atomic E-state index is -0.126. The summed E-state index contributed by atoms with van der Waals surface area (Å²) in [4.78, 5) is 14.9. The number of hydrogen-bond acceptors (Lipinski definition) is 4. The second kappa shape index (κ2) is 7.53. The zero-order chi connectivity index (χ0) is 16.1. The molecule has 0 saturated carbocycles. The lowest BCUT2D eigenvalue weighted by atomic mass is 10.1. The number of carbonyl (C=O) groups excluding carboxylic acids is 1. The maximum Gasteiger partial charge on any atom is 0.255 e. The maximum absolute atomic E-state index is 12.4. The Labute approximate surface area is 141 Å². The van der Waals surface area contributed by atoms with Crippen LogP contribution in [0.2, 0.25) is 0 Å². The van der Waals surface area contributed by atoms with Gasteiger partial charge in [-0.25, -0.2) is 0 Å². The lowest BCUT2D eigenvalue weighted by Gasteiger charge is -2.27. The van der Waals surface area contributed by atoms with Crippen molar-refractivity contribution in [3.8, 4) is 0 Å². The highest BCUT2D eigenvalue weighted by Gasteiger charge is 2.14. The Kier molecular flexibility index (Phi) is 5.20. The number of nitrogens with zero attached hydrogens (tertiary/aromatic N) is 1. The predicted octanol–water partition coefficient (Wildman–Crippen LogP) is 3.07. The zero-order valence-electron chi connectivity index (χ0n) is 13.0. The zero-order valence-corrected chi connectivity index (χ0v) is 13.8. The van der Waals surface area contributed by atoms with Gasteiger partial charge in [-0.3, -0.25) is 9.69 Å². The normalized spacial score (nSPS) is 15.3. The molecule has 2 aromatic carbocycles. The molecule has 3 N–H and O–H groups in total. The van der Waals surface area contributed by atoms with Crippen LogP contribution in [0.15, 0.2) is 48.5 Å². The number of amides is 1. The number of para-hydroxylation sites is 1. The van der Waals surface area contributed by atoms with Gasteiger partial charge in [0, 0.05) is 48.1 Å². The third kappa shape index (κ3) is 4.27. The molecule has 1 aliphatic rings. The third-order valence-electron chi connectivity index (χ3n) is 3.91. The fraction of sp³-hybridized carbons (Fsp3) is 0.278. The van der Waals surface area contributed by atoms with Gasteiger partial charge < -0.3 is 11.1 Å². The minimum absolute atomic E-state index is 0.126. The molecular weight excluding hydrogens is 306 g/mol. The molecule has 0 bridgehead atoms. The average molecular weight is 327 g/mol. The van der Waals surface area contributed by atoms with Crippen molar-refractivity contribution < 1.29 is 4.79 Å². The van der Waals surface area contributed by atoms with E-state index in [0.29, 0.717) is 11.3 Å². The molecule has 5 heteroatoms. The van der Waals surface area contributed by atoms with Gasteiger partial charge in [-0.2, -0.15) is 11.8 Å². The van der Waals surface area contributed by atoms with Crippen molar-refractivity contribution in [2.45, 2.75) is 6.54 Å². The number of benzene rings is 2. The topological polar surface area (TPSA) is 58.4 Å². The van der Waals surface area contributed by atoms with Crippen molar-refractivity contribution >= 4 is 29.0 Å². The summed E-state index contributed by atoms with van der Waals surface area (Å²) < 4.78 is 0. The molecule has 1 aliphatic heterocycles. The molecule has 0 aliphatic carbocycles. The number of nitrogens with two attached hydrogens (primary N) is 1. The summed E-state index contributed by atoms with van der Waals surface area (Å²) in [6.07, 6.45) is 0. The summed E-state index contributed by atoms with van der Waals surface area (Å²) >= 11 is 2.00. The van der Waals surface area contributed by atoms with Crippen molar-refractivity contribution in [3.63, 3.8) is 0 Å².